The number of hydrogen-bond acceptors (Lipinski definition) is 1. The average Bonchev–Trinajstić information content (AvgIpc) is 2.05. The first-order chi connectivity index (χ1) is 4.97. The largest absolute Gasteiger partial charge is 0.489 e. The molecule has 1 aromatic rings. The van der Waals surface area contributed by atoms with Crippen LogP contribution < -0.4 is 4.74 Å². The number of fused-ring (bicyclic) bond motifs is 1. The Morgan fingerprint density at radius 3 is 2.54 bits per heavy atom. The van der Waals surface area contributed by atoms with E-state index in [1.165, 1.54) is 5.56 Å². The summed E-state index contributed by atoms with van der Waals surface area (Å²) in [5.41, 5.74) is 1.17. The van der Waals surface area contributed by atoms with Gasteiger partial charge in [-0.3, -0.25) is 0 Å². The van der Waals surface area contributed by atoms with Gasteiger partial charge in [-0.25, -0.2) is 0 Å². The van der Waals surface area contributed by atoms with Crippen LogP contribution in [0.15, 0.2) is 30.3 Å². The molecule has 0 N–H and O–H groups in total. The predicted octanol–water partition coefficient (Wildman–Crippen LogP) is 1.71. The molecule has 4 heteroatoms. The molecule has 0 fully saturated rings. The Balaban J connectivity index is 0. The first-order valence-electron chi connectivity index (χ1n) is 3.35. The van der Waals surface area contributed by atoms with Gasteiger partial charge in [-0.1, -0.05) is 24.3 Å². The molecule has 1 aromatic carbocycles. The topological polar surface area (TPSA) is 9.23 Å². The van der Waals surface area contributed by atoms with Crippen LogP contribution in [0.3, 0.4) is 0 Å². The minimum Gasteiger partial charge on any atom is -0.489 e. The third kappa shape index (κ3) is 3.98. The van der Waals surface area contributed by atoms with E-state index in [9.17, 15) is 0 Å². The van der Waals surface area contributed by atoms with Crippen molar-refractivity contribution in [2.75, 3.05) is 6.61 Å². The Labute approximate surface area is 112 Å². The van der Waals surface area contributed by atoms with Crippen molar-refractivity contribution in [2.45, 2.75) is 0 Å². The van der Waals surface area contributed by atoms with Gasteiger partial charge in [-0.2, -0.15) is 0 Å². The SMILES string of the molecule is C1=Cc2ccccc2OC1.[Al].[Mn].[Zn]. The predicted molar refractivity (Wildman–Crippen MR) is 46.7 cm³/mol. The molecule has 1 heterocycles. The molecule has 13 heavy (non-hydrogen) atoms. The van der Waals surface area contributed by atoms with Gasteiger partial charge < -0.3 is 4.74 Å². The van der Waals surface area contributed by atoms with Gasteiger partial charge in [0.05, 0.1) is 0 Å². The maximum Gasteiger partial charge on any atom is 0.126 e. The summed E-state index contributed by atoms with van der Waals surface area (Å²) in [7, 11) is 0. The van der Waals surface area contributed by atoms with Crippen molar-refractivity contribution in [3.8, 4) is 5.75 Å². The molecule has 1 aliphatic rings. The van der Waals surface area contributed by atoms with Crippen LogP contribution in [0.25, 0.3) is 6.08 Å². The minimum atomic E-state index is 0. The molecule has 62 valence electrons. The quantitative estimate of drug-likeness (QED) is 0.657. The van der Waals surface area contributed by atoms with E-state index in [0.717, 1.165) is 5.75 Å². The Morgan fingerprint density at radius 2 is 1.85 bits per heavy atom. The van der Waals surface area contributed by atoms with Crippen LogP contribution in [0, 0.1) is 0 Å². The van der Waals surface area contributed by atoms with Crippen molar-refractivity contribution in [1.82, 2.24) is 0 Å². The van der Waals surface area contributed by atoms with E-state index >= 15 is 0 Å². The zero-order chi connectivity index (χ0) is 6.81. The summed E-state index contributed by atoms with van der Waals surface area (Å²) >= 11 is 0. The molecule has 4 radical (unpaired) electrons. The van der Waals surface area contributed by atoms with Gasteiger partial charge in [0, 0.05) is 59.5 Å². The second-order valence-electron chi connectivity index (χ2n) is 2.25. The molecule has 0 amide bonds. The van der Waals surface area contributed by atoms with Crippen molar-refractivity contribution in [1.29, 1.82) is 0 Å². The molecular formula is C9H8AlMnOZn. The van der Waals surface area contributed by atoms with Gasteiger partial charge in [0.15, 0.2) is 0 Å². The molecule has 0 bridgehead atoms. The first-order valence-corrected chi connectivity index (χ1v) is 3.35. The summed E-state index contributed by atoms with van der Waals surface area (Å²) in [6.07, 6.45) is 4.10. The fraction of sp³-hybridized carbons (Fsp3) is 0.111. The molecule has 0 aliphatic carbocycles. The van der Waals surface area contributed by atoms with E-state index in [1.54, 1.807) is 0 Å². The molecule has 2 rings (SSSR count). The van der Waals surface area contributed by atoms with E-state index in [-0.39, 0.29) is 53.9 Å². The number of rotatable bonds is 0. The van der Waals surface area contributed by atoms with E-state index in [2.05, 4.69) is 6.08 Å². The van der Waals surface area contributed by atoms with Crippen LogP contribution in [0.5, 0.6) is 5.75 Å². The fourth-order valence-electron chi connectivity index (χ4n) is 1.06. The van der Waals surface area contributed by atoms with Crippen LogP contribution in [0.4, 0.5) is 0 Å². The summed E-state index contributed by atoms with van der Waals surface area (Å²) in [6, 6.07) is 8.03. The second-order valence-corrected chi connectivity index (χ2v) is 2.25. The number of hydrogen-bond donors (Lipinski definition) is 0. The Morgan fingerprint density at radius 1 is 1.15 bits per heavy atom. The maximum absolute atomic E-state index is 5.34. The molecule has 0 aromatic heterocycles. The third-order valence-electron chi connectivity index (χ3n) is 1.55. The number of para-hydroxylation sites is 1. The van der Waals surface area contributed by atoms with Gasteiger partial charge in [0.2, 0.25) is 0 Å². The van der Waals surface area contributed by atoms with Crippen molar-refractivity contribution < 1.29 is 41.3 Å². The third-order valence-corrected chi connectivity index (χ3v) is 1.55. The van der Waals surface area contributed by atoms with Gasteiger partial charge in [0.25, 0.3) is 0 Å². The van der Waals surface area contributed by atoms with Gasteiger partial charge in [-0.05, 0) is 12.1 Å². The van der Waals surface area contributed by atoms with Crippen molar-refractivity contribution in [3.63, 3.8) is 0 Å². The smallest absolute Gasteiger partial charge is 0.126 e. The molecule has 1 aliphatic heterocycles. The summed E-state index contributed by atoms with van der Waals surface area (Å²) in [6.45, 7) is 0.705. The summed E-state index contributed by atoms with van der Waals surface area (Å²) in [4.78, 5) is 0. The molecule has 0 atom stereocenters. The van der Waals surface area contributed by atoms with Gasteiger partial charge in [-0.15, -0.1) is 0 Å². The Kier molecular flexibility index (Phi) is 9.54. The normalized spacial score (nSPS) is 10.8. The zero-order valence-electron chi connectivity index (χ0n) is 7.24. The molecule has 0 saturated heterocycles. The average molecular weight is 279 g/mol. The van der Waals surface area contributed by atoms with Crippen molar-refractivity contribution in [2.24, 2.45) is 0 Å². The van der Waals surface area contributed by atoms with E-state index in [1.807, 2.05) is 30.3 Å². The van der Waals surface area contributed by atoms with Gasteiger partial charge >= 0.3 is 0 Å². The molecular weight excluding hydrogens is 271 g/mol. The molecule has 0 spiro atoms. The standard InChI is InChI=1S/C9H8O.Al.Mn.Zn/c1-2-6-9-8(4-1)5-3-7-10-9;;;/h1-6H,7H2;;;. The maximum atomic E-state index is 5.34. The second kappa shape index (κ2) is 7.80. The van der Waals surface area contributed by atoms with Crippen LogP contribution in [-0.4, -0.2) is 24.0 Å². The van der Waals surface area contributed by atoms with Crippen LogP contribution in [0.1, 0.15) is 5.56 Å². The van der Waals surface area contributed by atoms with Crippen LogP contribution >= 0.6 is 0 Å². The molecule has 1 nitrogen and oxygen atoms in total. The molecule has 0 saturated carbocycles. The van der Waals surface area contributed by atoms with Gasteiger partial charge in [0.1, 0.15) is 12.4 Å². The zero-order valence-corrected chi connectivity index (χ0v) is 12.5. The van der Waals surface area contributed by atoms with E-state index in [0.29, 0.717) is 6.61 Å². The summed E-state index contributed by atoms with van der Waals surface area (Å²) in [5.74, 6) is 0.991. The number of benzene rings is 1. The minimum absolute atomic E-state index is 0. The monoisotopic (exact) mass is 278 g/mol. The molecule has 0 unspecified atom stereocenters. The fourth-order valence-corrected chi connectivity index (χ4v) is 1.06. The van der Waals surface area contributed by atoms with E-state index in [4.69, 9.17) is 4.74 Å². The van der Waals surface area contributed by atoms with Crippen LogP contribution in [0.2, 0.25) is 0 Å². The summed E-state index contributed by atoms with van der Waals surface area (Å²) < 4.78 is 5.34. The Bertz CT molecular complexity index is 278. The summed E-state index contributed by atoms with van der Waals surface area (Å²) in [5, 5.41) is 0. The van der Waals surface area contributed by atoms with E-state index < -0.39 is 0 Å². The van der Waals surface area contributed by atoms with Crippen LogP contribution in [-0.2, 0) is 36.5 Å². The Hall–Kier alpha value is 0.435. The first kappa shape index (κ1) is 15.9. The number of ether oxygens (including phenoxy) is 1. The van der Waals surface area contributed by atoms with Crippen molar-refractivity contribution >= 4 is 23.4 Å². The van der Waals surface area contributed by atoms with Crippen molar-refractivity contribution in [3.05, 3.63) is 35.9 Å².